The quantitative estimate of drug-likeness (QED) is 0.477. The Morgan fingerprint density at radius 3 is 2.83 bits per heavy atom. The maximum absolute atomic E-state index is 11.0. The molecular formula is C10H16O2. The first-order chi connectivity index (χ1) is 5.72. The van der Waals surface area contributed by atoms with Crippen LogP contribution in [-0.2, 0) is 9.53 Å². The standard InChI is InChI=1S/C10H16O2/c1-3-12-10(11)7-9-5-4-8(2)6-9/h4-5,8-9H,3,6-7H2,1-2H3. The van der Waals surface area contributed by atoms with Gasteiger partial charge in [0.15, 0.2) is 0 Å². The summed E-state index contributed by atoms with van der Waals surface area (Å²) in [6, 6.07) is 0. The monoisotopic (exact) mass is 168 g/mol. The number of allylic oxidation sites excluding steroid dienone is 2. The minimum Gasteiger partial charge on any atom is -0.466 e. The minimum atomic E-state index is -0.0683. The lowest BCUT2D eigenvalue weighted by Crippen LogP contribution is -2.09. The Kier molecular flexibility index (Phi) is 3.32. The molecule has 0 heterocycles. The van der Waals surface area contributed by atoms with Crippen molar-refractivity contribution in [1.82, 2.24) is 0 Å². The van der Waals surface area contributed by atoms with E-state index in [1.807, 2.05) is 6.92 Å². The molecule has 2 heteroatoms. The molecule has 0 amide bonds. The minimum absolute atomic E-state index is 0.0683. The van der Waals surface area contributed by atoms with Crippen LogP contribution in [0, 0.1) is 11.8 Å². The average molecular weight is 168 g/mol. The van der Waals surface area contributed by atoms with Crippen LogP contribution in [0.4, 0.5) is 0 Å². The number of hydrogen-bond acceptors (Lipinski definition) is 2. The molecule has 0 saturated carbocycles. The van der Waals surface area contributed by atoms with Gasteiger partial charge in [-0.05, 0) is 25.2 Å². The van der Waals surface area contributed by atoms with Gasteiger partial charge in [-0.1, -0.05) is 19.1 Å². The number of hydrogen-bond donors (Lipinski definition) is 0. The lowest BCUT2D eigenvalue weighted by atomic mass is 10.0. The maximum atomic E-state index is 11.0. The van der Waals surface area contributed by atoms with Crippen molar-refractivity contribution in [3.63, 3.8) is 0 Å². The lowest BCUT2D eigenvalue weighted by molar-refractivity contribution is -0.143. The van der Waals surface area contributed by atoms with E-state index in [9.17, 15) is 4.79 Å². The van der Waals surface area contributed by atoms with Crippen LogP contribution in [-0.4, -0.2) is 12.6 Å². The Balaban J connectivity index is 2.24. The molecule has 0 spiro atoms. The van der Waals surface area contributed by atoms with Crippen molar-refractivity contribution in [2.75, 3.05) is 6.61 Å². The van der Waals surface area contributed by atoms with Crippen LogP contribution in [0.1, 0.15) is 26.7 Å². The van der Waals surface area contributed by atoms with Crippen molar-refractivity contribution in [1.29, 1.82) is 0 Å². The number of rotatable bonds is 3. The van der Waals surface area contributed by atoms with Crippen LogP contribution in [0.3, 0.4) is 0 Å². The van der Waals surface area contributed by atoms with E-state index in [-0.39, 0.29) is 5.97 Å². The SMILES string of the molecule is CCOC(=O)CC1C=CC(C)C1. The Labute approximate surface area is 73.6 Å². The van der Waals surface area contributed by atoms with Crippen LogP contribution >= 0.6 is 0 Å². The molecule has 0 N–H and O–H groups in total. The molecule has 0 bridgehead atoms. The van der Waals surface area contributed by atoms with Crippen LogP contribution in [0.25, 0.3) is 0 Å². The van der Waals surface area contributed by atoms with Gasteiger partial charge in [0.05, 0.1) is 13.0 Å². The molecule has 1 aliphatic carbocycles. The van der Waals surface area contributed by atoms with Crippen molar-refractivity contribution in [2.24, 2.45) is 11.8 Å². The summed E-state index contributed by atoms with van der Waals surface area (Å²) in [5, 5.41) is 0. The van der Waals surface area contributed by atoms with Gasteiger partial charge in [0.25, 0.3) is 0 Å². The molecule has 1 aliphatic rings. The fourth-order valence-electron chi connectivity index (χ4n) is 1.57. The zero-order valence-corrected chi connectivity index (χ0v) is 7.75. The molecule has 0 fully saturated rings. The Hall–Kier alpha value is -0.790. The van der Waals surface area contributed by atoms with Gasteiger partial charge < -0.3 is 4.74 Å². The fraction of sp³-hybridized carbons (Fsp3) is 0.700. The Bertz CT molecular complexity index is 184. The summed E-state index contributed by atoms with van der Waals surface area (Å²) >= 11 is 0. The summed E-state index contributed by atoms with van der Waals surface area (Å²) in [7, 11) is 0. The Morgan fingerprint density at radius 2 is 2.33 bits per heavy atom. The van der Waals surface area contributed by atoms with Gasteiger partial charge in [-0.2, -0.15) is 0 Å². The van der Waals surface area contributed by atoms with Gasteiger partial charge in [0.2, 0.25) is 0 Å². The molecule has 2 unspecified atom stereocenters. The summed E-state index contributed by atoms with van der Waals surface area (Å²) in [6.07, 6.45) is 5.94. The molecule has 0 aromatic carbocycles. The highest BCUT2D eigenvalue weighted by molar-refractivity contribution is 5.70. The topological polar surface area (TPSA) is 26.3 Å². The van der Waals surface area contributed by atoms with Crippen molar-refractivity contribution < 1.29 is 9.53 Å². The van der Waals surface area contributed by atoms with E-state index in [1.54, 1.807) is 0 Å². The summed E-state index contributed by atoms with van der Waals surface area (Å²) in [5.74, 6) is 0.977. The molecule has 2 nitrogen and oxygen atoms in total. The zero-order valence-electron chi connectivity index (χ0n) is 7.75. The second-order valence-corrected chi connectivity index (χ2v) is 3.37. The van der Waals surface area contributed by atoms with E-state index in [2.05, 4.69) is 19.1 Å². The first-order valence-electron chi connectivity index (χ1n) is 4.56. The second-order valence-electron chi connectivity index (χ2n) is 3.37. The number of carbonyl (C=O) groups is 1. The molecule has 0 aliphatic heterocycles. The Morgan fingerprint density at radius 1 is 1.58 bits per heavy atom. The number of ether oxygens (including phenoxy) is 1. The maximum Gasteiger partial charge on any atom is 0.306 e. The summed E-state index contributed by atoms with van der Waals surface area (Å²) < 4.78 is 4.87. The van der Waals surface area contributed by atoms with Crippen LogP contribution in [0.5, 0.6) is 0 Å². The van der Waals surface area contributed by atoms with Gasteiger partial charge in [0.1, 0.15) is 0 Å². The molecule has 2 atom stereocenters. The van der Waals surface area contributed by atoms with Gasteiger partial charge in [0, 0.05) is 0 Å². The van der Waals surface area contributed by atoms with E-state index in [4.69, 9.17) is 4.74 Å². The van der Waals surface area contributed by atoms with E-state index < -0.39 is 0 Å². The molecule has 12 heavy (non-hydrogen) atoms. The highest BCUT2D eigenvalue weighted by atomic mass is 16.5. The van der Waals surface area contributed by atoms with E-state index in [0.717, 1.165) is 6.42 Å². The highest BCUT2D eigenvalue weighted by Gasteiger charge is 2.18. The zero-order chi connectivity index (χ0) is 8.97. The van der Waals surface area contributed by atoms with E-state index >= 15 is 0 Å². The largest absolute Gasteiger partial charge is 0.466 e. The molecule has 0 aromatic rings. The normalized spacial score (nSPS) is 27.5. The number of carbonyl (C=O) groups excluding carboxylic acids is 1. The highest BCUT2D eigenvalue weighted by Crippen LogP contribution is 2.25. The van der Waals surface area contributed by atoms with Crippen LogP contribution in [0.2, 0.25) is 0 Å². The molecule has 68 valence electrons. The van der Waals surface area contributed by atoms with Crippen LogP contribution in [0.15, 0.2) is 12.2 Å². The van der Waals surface area contributed by atoms with E-state index in [0.29, 0.717) is 24.9 Å². The molecule has 1 rings (SSSR count). The summed E-state index contributed by atoms with van der Waals surface area (Å²) in [6.45, 7) is 4.50. The lowest BCUT2D eigenvalue weighted by Gasteiger charge is -2.07. The van der Waals surface area contributed by atoms with Crippen molar-refractivity contribution in [3.8, 4) is 0 Å². The first-order valence-corrected chi connectivity index (χ1v) is 4.56. The number of esters is 1. The van der Waals surface area contributed by atoms with Gasteiger partial charge in [-0.15, -0.1) is 0 Å². The van der Waals surface area contributed by atoms with Gasteiger partial charge in [-0.3, -0.25) is 4.79 Å². The van der Waals surface area contributed by atoms with Crippen molar-refractivity contribution >= 4 is 5.97 Å². The van der Waals surface area contributed by atoms with Crippen molar-refractivity contribution in [3.05, 3.63) is 12.2 Å². The first kappa shape index (κ1) is 9.30. The third-order valence-electron chi connectivity index (χ3n) is 2.12. The summed E-state index contributed by atoms with van der Waals surface area (Å²) in [4.78, 5) is 11.0. The molecule has 0 radical (unpaired) electrons. The van der Waals surface area contributed by atoms with E-state index in [1.165, 1.54) is 0 Å². The van der Waals surface area contributed by atoms with Crippen molar-refractivity contribution in [2.45, 2.75) is 26.7 Å². The molecule has 0 saturated heterocycles. The molecular weight excluding hydrogens is 152 g/mol. The predicted molar refractivity (Wildman–Crippen MR) is 47.7 cm³/mol. The average Bonchev–Trinajstić information content (AvgIpc) is 2.36. The molecule has 0 aromatic heterocycles. The third-order valence-corrected chi connectivity index (χ3v) is 2.12. The van der Waals surface area contributed by atoms with Gasteiger partial charge in [-0.25, -0.2) is 0 Å². The smallest absolute Gasteiger partial charge is 0.306 e. The van der Waals surface area contributed by atoms with Crippen LogP contribution < -0.4 is 0 Å². The summed E-state index contributed by atoms with van der Waals surface area (Å²) in [5.41, 5.74) is 0. The second kappa shape index (κ2) is 4.29. The predicted octanol–water partition coefficient (Wildman–Crippen LogP) is 2.15. The fourth-order valence-corrected chi connectivity index (χ4v) is 1.57. The van der Waals surface area contributed by atoms with Gasteiger partial charge >= 0.3 is 5.97 Å². The third kappa shape index (κ3) is 2.68.